The molecule has 0 N–H and O–H groups in total. The lowest BCUT2D eigenvalue weighted by molar-refractivity contribution is -0.114. The van der Waals surface area contributed by atoms with E-state index in [4.69, 9.17) is 9.15 Å². The standard InChI is InChI=1S/C26H22N4O5/c1-34-19-7-4-17(5-8-19)23(31)16-22-25(32)28-21-15-18(6-9-20(21)27-22)26(33)30-12-10-29(11-13-30)24-3-2-14-35-24/h2-9,14-16H,10-13H2,1H3/b22-16-. The number of benzene rings is 2. The summed E-state index contributed by atoms with van der Waals surface area (Å²) in [6.07, 6.45) is 2.81. The number of fused-ring (bicyclic) bond motifs is 1. The maximum absolute atomic E-state index is 13.0. The first kappa shape index (κ1) is 22.3. The molecule has 2 amide bonds. The number of carbonyl (C=O) groups excluding carboxylic acids is 3. The van der Waals surface area contributed by atoms with Gasteiger partial charge in [0.2, 0.25) is 0 Å². The van der Waals surface area contributed by atoms with Gasteiger partial charge in [0.15, 0.2) is 11.7 Å². The number of furan rings is 1. The monoisotopic (exact) mass is 470 g/mol. The second kappa shape index (κ2) is 9.38. The normalized spacial score (nSPS) is 16.4. The van der Waals surface area contributed by atoms with Gasteiger partial charge in [0.1, 0.15) is 11.4 Å². The summed E-state index contributed by atoms with van der Waals surface area (Å²) in [6, 6.07) is 15.2. The Morgan fingerprint density at radius 2 is 1.69 bits per heavy atom. The van der Waals surface area contributed by atoms with Crippen molar-refractivity contribution >= 4 is 23.5 Å². The number of amides is 2. The minimum Gasteiger partial charge on any atom is -0.497 e. The summed E-state index contributed by atoms with van der Waals surface area (Å²) in [6.45, 7) is 2.44. The molecule has 9 nitrogen and oxygen atoms in total. The van der Waals surface area contributed by atoms with E-state index in [1.807, 2.05) is 12.1 Å². The van der Waals surface area contributed by atoms with Gasteiger partial charge in [-0.05, 0) is 48.5 Å². The number of ether oxygens (including phenoxy) is 1. The highest BCUT2D eigenvalue weighted by atomic mass is 16.5. The van der Waals surface area contributed by atoms with Gasteiger partial charge in [-0.2, -0.15) is 0 Å². The Bertz CT molecular complexity index is 1430. The fourth-order valence-electron chi connectivity index (χ4n) is 4.00. The molecule has 0 spiro atoms. The highest BCUT2D eigenvalue weighted by Crippen LogP contribution is 2.18. The summed E-state index contributed by atoms with van der Waals surface area (Å²) in [5.74, 6) is 0.293. The maximum atomic E-state index is 13.0. The number of carbonyl (C=O) groups is 3. The lowest BCUT2D eigenvalue weighted by atomic mass is 10.1. The van der Waals surface area contributed by atoms with Gasteiger partial charge in [-0.15, -0.1) is 0 Å². The fourth-order valence-corrected chi connectivity index (χ4v) is 4.00. The van der Waals surface area contributed by atoms with Crippen LogP contribution in [0.15, 0.2) is 87.0 Å². The van der Waals surface area contributed by atoms with E-state index < -0.39 is 5.91 Å². The molecule has 0 atom stereocenters. The predicted octanol–water partition coefficient (Wildman–Crippen LogP) is 1.80. The molecule has 1 fully saturated rings. The van der Waals surface area contributed by atoms with Crippen LogP contribution < -0.4 is 20.4 Å². The van der Waals surface area contributed by atoms with Crippen molar-refractivity contribution in [3.8, 4) is 5.75 Å². The van der Waals surface area contributed by atoms with Crippen LogP contribution in [0, 0.1) is 0 Å². The van der Waals surface area contributed by atoms with E-state index in [0.717, 1.165) is 5.88 Å². The van der Waals surface area contributed by atoms with Gasteiger partial charge in [0.05, 0.1) is 24.1 Å². The first-order chi connectivity index (χ1) is 17.0. The van der Waals surface area contributed by atoms with Crippen molar-refractivity contribution < 1.29 is 23.5 Å². The van der Waals surface area contributed by atoms with Gasteiger partial charge >= 0.3 is 0 Å². The average molecular weight is 470 g/mol. The Morgan fingerprint density at radius 3 is 2.37 bits per heavy atom. The molecule has 0 bridgehead atoms. The van der Waals surface area contributed by atoms with Crippen LogP contribution in [-0.4, -0.2) is 55.8 Å². The SMILES string of the molecule is COc1ccc(C(=O)/C=C2\N=c3ccc(C(=O)N4CCN(c5ccco5)CC4)cc3=NC2=O)cc1. The molecule has 0 unspecified atom stereocenters. The first-order valence-corrected chi connectivity index (χ1v) is 11.1. The van der Waals surface area contributed by atoms with Gasteiger partial charge in [-0.3, -0.25) is 14.4 Å². The summed E-state index contributed by atoms with van der Waals surface area (Å²) < 4.78 is 10.5. The minimum atomic E-state index is -0.629. The zero-order valence-corrected chi connectivity index (χ0v) is 19.0. The van der Waals surface area contributed by atoms with Crippen LogP contribution in [0.5, 0.6) is 5.75 Å². The second-order valence-corrected chi connectivity index (χ2v) is 8.09. The molecular formula is C26H22N4O5. The third-order valence-electron chi connectivity index (χ3n) is 5.93. The smallest absolute Gasteiger partial charge is 0.296 e. The van der Waals surface area contributed by atoms with E-state index in [1.165, 1.54) is 6.08 Å². The molecule has 35 heavy (non-hydrogen) atoms. The zero-order valence-electron chi connectivity index (χ0n) is 19.0. The van der Waals surface area contributed by atoms with Crippen molar-refractivity contribution in [3.05, 3.63) is 94.5 Å². The number of nitrogens with zero attached hydrogens (tertiary/aromatic N) is 4. The first-order valence-electron chi connectivity index (χ1n) is 11.1. The van der Waals surface area contributed by atoms with E-state index in [-0.39, 0.29) is 17.4 Å². The molecule has 0 radical (unpaired) electrons. The van der Waals surface area contributed by atoms with E-state index in [9.17, 15) is 14.4 Å². The number of rotatable bonds is 5. The molecular weight excluding hydrogens is 448 g/mol. The summed E-state index contributed by atoms with van der Waals surface area (Å²) in [5, 5.41) is 0.738. The van der Waals surface area contributed by atoms with Crippen molar-refractivity contribution in [1.82, 2.24) is 4.90 Å². The molecule has 5 rings (SSSR count). The molecule has 3 heterocycles. The summed E-state index contributed by atoms with van der Waals surface area (Å²) >= 11 is 0. The number of ketones is 1. The van der Waals surface area contributed by atoms with Crippen molar-refractivity contribution in [2.24, 2.45) is 9.98 Å². The van der Waals surface area contributed by atoms with Crippen LogP contribution in [0.2, 0.25) is 0 Å². The van der Waals surface area contributed by atoms with Crippen molar-refractivity contribution in [1.29, 1.82) is 0 Å². The maximum Gasteiger partial charge on any atom is 0.296 e. The van der Waals surface area contributed by atoms with Crippen molar-refractivity contribution in [3.63, 3.8) is 0 Å². The number of hydrogen-bond donors (Lipinski definition) is 0. The Hall–Kier alpha value is -4.53. The predicted molar refractivity (Wildman–Crippen MR) is 126 cm³/mol. The quantitative estimate of drug-likeness (QED) is 0.416. The van der Waals surface area contributed by atoms with Gasteiger partial charge in [0.25, 0.3) is 11.8 Å². The lowest BCUT2D eigenvalue weighted by Crippen LogP contribution is -2.49. The number of anilines is 1. The molecule has 9 heteroatoms. The second-order valence-electron chi connectivity index (χ2n) is 8.09. The molecule has 2 aliphatic heterocycles. The molecule has 3 aromatic rings. The van der Waals surface area contributed by atoms with E-state index in [0.29, 0.717) is 53.8 Å². The summed E-state index contributed by atoms with van der Waals surface area (Å²) in [7, 11) is 1.54. The summed E-state index contributed by atoms with van der Waals surface area (Å²) in [4.78, 5) is 50.4. The fraction of sp³-hybridized carbons (Fsp3) is 0.192. The largest absolute Gasteiger partial charge is 0.497 e. The Labute approximate surface area is 200 Å². The molecule has 1 aromatic heterocycles. The van der Waals surface area contributed by atoms with Crippen molar-refractivity contribution in [2.45, 2.75) is 0 Å². The van der Waals surface area contributed by atoms with E-state index in [2.05, 4.69) is 14.9 Å². The van der Waals surface area contributed by atoms with Crippen LogP contribution in [-0.2, 0) is 4.79 Å². The molecule has 176 valence electrons. The number of piperazine rings is 1. The average Bonchev–Trinajstić information content (AvgIpc) is 3.44. The van der Waals surface area contributed by atoms with E-state index >= 15 is 0 Å². The Balaban J connectivity index is 1.32. The van der Waals surface area contributed by atoms with Crippen molar-refractivity contribution in [2.75, 3.05) is 38.2 Å². The summed E-state index contributed by atoms with van der Waals surface area (Å²) in [5.41, 5.74) is 0.787. The van der Waals surface area contributed by atoms with E-state index in [1.54, 1.807) is 60.7 Å². The lowest BCUT2D eigenvalue weighted by Gasteiger charge is -2.34. The van der Waals surface area contributed by atoms with Gasteiger partial charge in [-0.25, -0.2) is 9.98 Å². The topological polar surface area (TPSA) is 105 Å². The zero-order chi connectivity index (χ0) is 24.4. The van der Waals surface area contributed by atoms with Gasteiger partial charge in [0, 0.05) is 49.4 Å². The number of methoxy groups -OCH3 is 1. The van der Waals surface area contributed by atoms with Crippen LogP contribution in [0.3, 0.4) is 0 Å². The molecule has 2 aliphatic rings. The highest BCUT2D eigenvalue weighted by molar-refractivity contribution is 6.09. The van der Waals surface area contributed by atoms with Gasteiger partial charge < -0.3 is 19.0 Å². The third kappa shape index (κ3) is 4.61. The molecule has 1 saturated heterocycles. The minimum absolute atomic E-state index is 0.0496. The molecule has 0 aliphatic carbocycles. The molecule has 2 aromatic carbocycles. The Morgan fingerprint density at radius 1 is 0.943 bits per heavy atom. The number of allylic oxidation sites excluding steroid dienone is 1. The molecule has 0 saturated carbocycles. The van der Waals surface area contributed by atoms with Crippen LogP contribution >= 0.6 is 0 Å². The Kier molecular flexibility index (Phi) is 5.97. The number of hydrogen-bond acceptors (Lipinski definition) is 7. The van der Waals surface area contributed by atoms with Crippen LogP contribution in [0.25, 0.3) is 0 Å². The van der Waals surface area contributed by atoms with Crippen LogP contribution in [0.1, 0.15) is 20.7 Å². The third-order valence-corrected chi connectivity index (χ3v) is 5.93. The highest BCUT2D eigenvalue weighted by Gasteiger charge is 2.24. The van der Waals surface area contributed by atoms with Gasteiger partial charge in [-0.1, -0.05) is 0 Å². The van der Waals surface area contributed by atoms with Crippen LogP contribution in [0.4, 0.5) is 5.88 Å².